The van der Waals surface area contributed by atoms with Crippen molar-refractivity contribution in [3.63, 3.8) is 0 Å². The van der Waals surface area contributed by atoms with Crippen molar-refractivity contribution in [2.45, 2.75) is 25.7 Å². The molecule has 0 bridgehead atoms. The highest BCUT2D eigenvalue weighted by Gasteiger charge is 2.33. The van der Waals surface area contributed by atoms with Crippen molar-refractivity contribution in [2.75, 3.05) is 13.2 Å². The summed E-state index contributed by atoms with van der Waals surface area (Å²) in [5.74, 6) is 1.13. The van der Waals surface area contributed by atoms with Crippen LogP contribution >= 0.6 is 0 Å². The predicted octanol–water partition coefficient (Wildman–Crippen LogP) is 1.39. The monoisotopic (exact) mass is 154 g/mol. The molecule has 11 heavy (non-hydrogen) atoms. The van der Waals surface area contributed by atoms with Gasteiger partial charge in [-0.05, 0) is 12.8 Å². The predicted molar refractivity (Wildman–Crippen MR) is 41.3 cm³/mol. The molecule has 0 atom stereocenters. The molecule has 1 aliphatic heterocycles. The Kier molecular flexibility index (Phi) is 1.95. The van der Waals surface area contributed by atoms with Gasteiger partial charge in [-0.3, -0.25) is 4.79 Å². The smallest absolute Gasteiger partial charge is 0.143 e. The standard InChI is InChI=1S/C9H14O2/c10-9(8-5-11-6-8)7-3-1-2-4-7/h7-8H,1-6H2. The minimum Gasteiger partial charge on any atom is -0.380 e. The number of hydrogen-bond donors (Lipinski definition) is 0. The van der Waals surface area contributed by atoms with Gasteiger partial charge in [0.1, 0.15) is 5.78 Å². The van der Waals surface area contributed by atoms with Gasteiger partial charge in [-0.25, -0.2) is 0 Å². The maximum absolute atomic E-state index is 11.5. The van der Waals surface area contributed by atoms with Crippen molar-refractivity contribution in [1.82, 2.24) is 0 Å². The summed E-state index contributed by atoms with van der Waals surface area (Å²) in [4.78, 5) is 11.5. The average molecular weight is 154 g/mol. The third kappa shape index (κ3) is 1.32. The van der Waals surface area contributed by atoms with Crippen LogP contribution in [-0.2, 0) is 9.53 Å². The third-order valence-electron chi connectivity index (χ3n) is 2.80. The first kappa shape index (κ1) is 7.29. The summed E-state index contributed by atoms with van der Waals surface area (Å²) < 4.78 is 4.99. The fourth-order valence-corrected chi connectivity index (χ4v) is 1.94. The Bertz CT molecular complexity index is 155. The third-order valence-corrected chi connectivity index (χ3v) is 2.80. The molecule has 2 heteroatoms. The number of carbonyl (C=O) groups excluding carboxylic acids is 1. The van der Waals surface area contributed by atoms with Gasteiger partial charge in [-0.1, -0.05) is 12.8 Å². The van der Waals surface area contributed by atoms with Crippen LogP contribution in [0.2, 0.25) is 0 Å². The Labute approximate surface area is 66.9 Å². The molecule has 1 saturated heterocycles. The van der Waals surface area contributed by atoms with Crippen LogP contribution in [0.3, 0.4) is 0 Å². The summed E-state index contributed by atoms with van der Waals surface area (Å²) in [7, 11) is 0. The van der Waals surface area contributed by atoms with E-state index >= 15 is 0 Å². The number of ether oxygens (including phenoxy) is 1. The lowest BCUT2D eigenvalue weighted by molar-refractivity contribution is -0.140. The number of carbonyl (C=O) groups is 1. The maximum atomic E-state index is 11.5. The molecule has 62 valence electrons. The first-order valence-corrected chi connectivity index (χ1v) is 4.49. The van der Waals surface area contributed by atoms with Crippen LogP contribution in [-0.4, -0.2) is 19.0 Å². The van der Waals surface area contributed by atoms with E-state index in [0.29, 0.717) is 24.9 Å². The van der Waals surface area contributed by atoms with Crippen LogP contribution in [0.1, 0.15) is 25.7 Å². The van der Waals surface area contributed by atoms with E-state index < -0.39 is 0 Å². The molecule has 2 rings (SSSR count). The molecule has 0 radical (unpaired) electrons. The first-order chi connectivity index (χ1) is 5.38. The van der Waals surface area contributed by atoms with E-state index in [0.717, 1.165) is 12.8 Å². The van der Waals surface area contributed by atoms with Crippen molar-refractivity contribution in [1.29, 1.82) is 0 Å². The Balaban J connectivity index is 1.87. The van der Waals surface area contributed by atoms with Gasteiger partial charge in [0.2, 0.25) is 0 Å². The summed E-state index contributed by atoms with van der Waals surface area (Å²) >= 11 is 0. The minimum absolute atomic E-state index is 0.262. The lowest BCUT2D eigenvalue weighted by Gasteiger charge is -2.26. The van der Waals surface area contributed by atoms with Gasteiger partial charge in [0.05, 0.1) is 19.1 Å². The van der Waals surface area contributed by atoms with E-state index in [1.165, 1.54) is 12.8 Å². The highest BCUT2D eigenvalue weighted by Crippen LogP contribution is 2.29. The Morgan fingerprint density at radius 3 is 2.18 bits per heavy atom. The highest BCUT2D eigenvalue weighted by atomic mass is 16.5. The fourth-order valence-electron chi connectivity index (χ4n) is 1.94. The second-order valence-corrected chi connectivity index (χ2v) is 3.62. The van der Waals surface area contributed by atoms with E-state index in [1.807, 2.05) is 0 Å². The van der Waals surface area contributed by atoms with E-state index in [4.69, 9.17) is 4.74 Å². The van der Waals surface area contributed by atoms with Crippen LogP contribution in [0.15, 0.2) is 0 Å². The zero-order chi connectivity index (χ0) is 7.68. The van der Waals surface area contributed by atoms with Gasteiger partial charge in [-0.2, -0.15) is 0 Å². The molecule has 0 aromatic carbocycles. The molecule has 2 nitrogen and oxygen atoms in total. The van der Waals surface area contributed by atoms with Gasteiger partial charge in [0.15, 0.2) is 0 Å². The fraction of sp³-hybridized carbons (Fsp3) is 0.889. The zero-order valence-corrected chi connectivity index (χ0v) is 6.71. The zero-order valence-electron chi connectivity index (χ0n) is 6.71. The molecule has 0 unspecified atom stereocenters. The van der Waals surface area contributed by atoms with Gasteiger partial charge in [0, 0.05) is 5.92 Å². The Hall–Kier alpha value is -0.370. The quantitative estimate of drug-likeness (QED) is 0.600. The van der Waals surface area contributed by atoms with Gasteiger partial charge in [-0.15, -0.1) is 0 Å². The van der Waals surface area contributed by atoms with Crippen LogP contribution in [0.25, 0.3) is 0 Å². The molecule has 2 fully saturated rings. The second kappa shape index (κ2) is 2.94. The summed E-state index contributed by atoms with van der Waals surface area (Å²) in [6.45, 7) is 1.38. The number of rotatable bonds is 2. The summed E-state index contributed by atoms with van der Waals surface area (Å²) in [5.41, 5.74) is 0. The molecule has 0 aromatic heterocycles. The molecule has 0 amide bonds. The summed E-state index contributed by atoms with van der Waals surface area (Å²) in [6, 6.07) is 0. The van der Waals surface area contributed by atoms with E-state index in [-0.39, 0.29) is 5.92 Å². The van der Waals surface area contributed by atoms with Crippen molar-refractivity contribution in [3.8, 4) is 0 Å². The first-order valence-electron chi connectivity index (χ1n) is 4.49. The van der Waals surface area contributed by atoms with Crippen molar-refractivity contribution in [2.24, 2.45) is 11.8 Å². The van der Waals surface area contributed by atoms with Gasteiger partial charge >= 0.3 is 0 Å². The van der Waals surface area contributed by atoms with E-state index in [9.17, 15) is 4.79 Å². The van der Waals surface area contributed by atoms with Crippen LogP contribution < -0.4 is 0 Å². The second-order valence-electron chi connectivity index (χ2n) is 3.62. The van der Waals surface area contributed by atoms with Crippen LogP contribution in [0, 0.1) is 11.8 Å². The molecule has 0 N–H and O–H groups in total. The largest absolute Gasteiger partial charge is 0.380 e. The van der Waals surface area contributed by atoms with Crippen LogP contribution in [0.5, 0.6) is 0 Å². The maximum Gasteiger partial charge on any atom is 0.143 e. The molecule has 2 aliphatic rings. The molecule has 0 spiro atoms. The molecule has 1 aliphatic carbocycles. The molecular formula is C9H14O2. The summed E-state index contributed by atoms with van der Waals surface area (Å²) in [6.07, 6.45) is 4.78. The van der Waals surface area contributed by atoms with Crippen LogP contribution in [0.4, 0.5) is 0 Å². The Morgan fingerprint density at radius 2 is 1.73 bits per heavy atom. The topological polar surface area (TPSA) is 26.3 Å². The number of ketones is 1. The minimum atomic E-state index is 0.262. The normalized spacial score (nSPS) is 26.9. The number of hydrogen-bond acceptors (Lipinski definition) is 2. The van der Waals surface area contributed by atoms with E-state index in [2.05, 4.69) is 0 Å². The van der Waals surface area contributed by atoms with Gasteiger partial charge < -0.3 is 4.74 Å². The molecular weight excluding hydrogens is 140 g/mol. The van der Waals surface area contributed by atoms with Crippen molar-refractivity contribution in [3.05, 3.63) is 0 Å². The number of Topliss-reactive ketones (excluding diaryl/α,β-unsaturated/α-hetero) is 1. The van der Waals surface area contributed by atoms with E-state index in [1.54, 1.807) is 0 Å². The molecule has 1 saturated carbocycles. The van der Waals surface area contributed by atoms with Gasteiger partial charge in [0.25, 0.3) is 0 Å². The summed E-state index contributed by atoms with van der Waals surface area (Å²) in [5, 5.41) is 0. The lowest BCUT2D eigenvalue weighted by atomic mass is 9.90. The highest BCUT2D eigenvalue weighted by molar-refractivity contribution is 5.84. The Morgan fingerprint density at radius 1 is 1.09 bits per heavy atom. The SMILES string of the molecule is O=C(C1CCCC1)C1COC1. The lowest BCUT2D eigenvalue weighted by Crippen LogP contribution is -2.37. The molecule has 0 aromatic rings. The van der Waals surface area contributed by atoms with Crippen molar-refractivity contribution >= 4 is 5.78 Å². The molecule has 1 heterocycles. The van der Waals surface area contributed by atoms with Crippen molar-refractivity contribution < 1.29 is 9.53 Å². The average Bonchev–Trinajstić information content (AvgIpc) is 2.32.